The highest BCUT2D eigenvalue weighted by Gasteiger charge is 2.20. The molecule has 2 amide bonds. The number of carbonyl (C=O) groups excluding carboxylic acids is 2. The van der Waals surface area contributed by atoms with Crippen LogP contribution >= 0.6 is 0 Å². The smallest absolute Gasteiger partial charge is 0.246 e. The maximum atomic E-state index is 12.4. The van der Waals surface area contributed by atoms with E-state index in [1.54, 1.807) is 6.92 Å². The molecule has 0 aromatic heterocycles. The molecular weight excluding hydrogens is 338 g/mol. The molecule has 0 fully saturated rings. The molecule has 2 atom stereocenters. The lowest BCUT2D eigenvalue weighted by molar-refractivity contribution is -0.127. The molecule has 0 aliphatic rings. The summed E-state index contributed by atoms with van der Waals surface area (Å²) in [6.45, 7) is 1.64. The molecule has 0 heterocycles. The molecule has 3 rings (SSSR count). The molecule has 0 aliphatic carbocycles. The van der Waals surface area contributed by atoms with E-state index in [2.05, 4.69) is 10.6 Å². The minimum absolute atomic E-state index is 0.287. The second-order valence-corrected chi connectivity index (χ2v) is 6.58. The maximum absolute atomic E-state index is 12.4. The van der Waals surface area contributed by atoms with Crippen LogP contribution in [0.2, 0.25) is 0 Å². The van der Waals surface area contributed by atoms with E-state index in [0.717, 1.165) is 16.3 Å². The van der Waals surface area contributed by atoms with Crippen LogP contribution in [0, 0.1) is 0 Å². The summed E-state index contributed by atoms with van der Waals surface area (Å²) in [5.41, 5.74) is 7.64. The molecular formula is C22H23N3O2. The van der Waals surface area contributed by atoms with Crippen LogP contribution in [-0.2, 0) is 16.0 Å². The molecule has 0 saturated carbocycles. The van der Waals surface area contributed by atoms with E-state index in [-0.39, 0.29) is 11.8 Å². The van der Waals surface area contributed by atoms with E-state index >= 15 is 0 Å². The summed E-state index contributed by atoms with van der Waals surface area (Å²) in [6, 6.07) is 21.8. The van der Waals surface area contributed by atoms with Crippen molar-refractivity contribution in [3.05, 3.63) is 78.4 Å². The zero-order chi connectivity index (χ0) is 19.2. The van der Waals surface area contributed by atoms with E-state index < -0.39 is 12.1 Å². The Hall–Kier alpha value is -3.18. The highest BCUT2D eigenvalue weighted by molar-refractivity contribution is 5.99. The van der Waals surface area contributed by atoms with Crippen LogP contribution in [0.1, 0.15) is 12.5 Å². The topological polar surface area (TPSA) is 84.2 Å². The number of nitrogens with two attached hydrogens (primary N) is 1. The zero-order valence-electron chi connectivity index (χ0n) is 15.2. The van der Waals surface area contributed by atoms with Gasteiger partial charge in [-0.1, -0.05) is 60.7 Å². The van der Waals surface area contributed by atoms with Gasteiger partial charge in [-0.05, 0) is 41.8 Å². The highest BCUT2D eigenvalue weighted by Crippen LogP contribution is 2.18. The van der Waals surface area contributed by atoms with Gasteiger partial charge in [0, 0.05) is 5.69 Å². The summed E-state index contributed by atoms with van der Waals surface area (Å²) in [4.78, 5) is 24.7. The van der Waals surface area contributed by atoms with Crippen LogP contribution in [0.15, 0.2) is 72.8 Å². The number of fused-ring (bicyclic) bond motifs is 1. The summed E-state index contributed by atoms with van der Waals surface area (Å²) >= 11 is 0. The third-order valence-corrected chi connectivity index (χ3v) is 4.40. The second-order valence-electron chi connectivity index (χ2n) is 6.58. The number of amides is 2. The van der Waals surface area contributed by atoms with Gasteiger partial charge in [0.25, 0.3) is 0 Å². The Morgan fingerprint density at radius 3 is 2.30 bits per heavy atom. The highest BCUT2D eigenvalue weighted by atomic mass is 16.2. The predicted octanol–water partition coefficient (Wildman–Crippen LogP) is 2.85. The molecule has 3 aromatic rings. The van der Waals surface area contributed by atoms with Gasteiger partial charge in [0.2, 0.25) is 11.8 Å². The molecule has 0 unspecified atom stereocenters. The molecule has 3 aromatic carbocycles. The Morgan fingerprint density at radius 2 is 1.56 bits per heavy atom. The lowest BCUT2D eigenvalue weighted by Gasteiger charge is -2.17. The van der Waals surface area contributed by atoms with Gasteiger partial charge in [-0.3, -0.25) is 9.59 Å². The van der Waals surface area contributed by atoms with E-state index in [9.17, 15) is 9.59 Å². The first-order valence-electron chi connectivity index (χ1n) is 8.92. The van der Waals surface area contributed by atoms with Gasteiger partial charge in [0.05, 0.1) is 6.04 Å². The van der Waals surface area contributed by atoms with Gasteiger partial charge < -0.3 is 16.4 Å². The molecule has 0 saturated heterocycles. The van der Waals surface area contributed by atoms with E-state index in [0.29, 0.717) is 12.1 Å². The molecule has 0 aliphatic heterocycles. The minimum atomic E-state index is -0.705. The van der Waals surface area contributed by atoms with Gasteiger partial charge in [-0.25, -0.2) is 0 Å². The van der Waals surface area contributed by atoms with Crippen molar-refractivity contribution in [1.82, 2.24) is 5.32 Å². The molecule has 0 bridgehead atoms. The van der Waals surface area contributed by atoms with Crippen LogP contribution in [0.4, 0.5) is 5.69 Å². The molecule has 5 nitrogen and oxygen atoms in total. The molecule has 27 heavy (non-hydrogen) atoms. The third kappa shape index (κ3) is 4.92. The van der Waals surface area contributed by atoms with Crippen molar-refractivity contribution in [1.29, 1.82) is 0 Å². The number of anilines is 1. The first-order valence-corrected chi connectivity index (χ1v) is 8.92. The van der Waals surface area contributed by atoms with Gasteiger partial charge in [0.1, 0.15) is 6.04 Å². The van der Waals surface area contributed by atoms with Crippen molar-refractivity contribution in [2.75, 3.05) is 5.32 Å². The van der Waals surface area contributed by atoms with E-state index in [1.807, 2.05) is 72.8 Å². The number of hydrogen-bond donors (Lipinski definition) is 3. The van der Waals surface area contributed by atoms with Crippen LogP contribution in [0.25, 0.3) is 10.8 Å². The average Bonchev–Trinajstić information content (AvgIpc) is 2.68. The Bertz CT molecular complexity index is 940. The van der Waals surface area contributed by atoms with Crippen LogP contribution < -0.4 is 16.4 Å². The monoisotopic (exact) mass is 361 g/mol. The van der Waals surface area contributed by atoms with Gasteiger partial charge in [-0.15, -0.1) is 0 Å². The summed E-state index contributed by atoms with van der Waals surface area (Å²) < 4.78 is 0. The van der Waals surface area contributed by atoms with Gasteiger partial charge in [-0.2, -0.15) is 0 Å². The Morgan fingerprint density at radius 1 is 0.889 bits per heavy atom. The van der Waals surface area contributed by atoms with Crippen LogP contribution in [0.5, 0.6) is 0 Å². The first-order chi connectivity index (χ1) is 13.0. The molecule has 4 N–H and O–H groups in total. The Labute approximate surface area is 158 Å². The first kappa shape index (κ1) is 18.6. The van der Waals surface area contributed by atoms with Gasteiger partial charge in [0.15, 0.2) is 0 Å². The standard InChI is InChI=1S/C22H23N3O2/c1-15(24-22(27)20(23)13-16-7-3-2-4-8-16)21(26)25-19-12-11-17-9-5-6-10-18(17)14-19/h2-12,14-15,20H,13,23H2,1H3,(H,24,27)(H,25,26)/t15-,20-/m0/s1. The van der Waals surface area contributed by atoms with Crippen molar-refractivity contribution < 1.29 is 9.59 Å². The SMILES string of the molecule is C[C@H](NC(=O)[C@@H](N)Cc1ccccc1)C(=O)Nc1ccc2ccccc2c1. The van der Waals surface area contributed by atoms with Crippen molar-refractivity contribution >= 4 is 28.3 Å². The number of benzene rings is 3. The van der Waals surface area contributed by atoms with Crippen LogP contribution in [-0.4, -0.2) is 23.9 Å². The summed E-state index contributed by atoms with van der Waals surface area (Å²) in [5.74, 6) is -0.634. The Kier molecular flexibility index (Phi) is 5.84. The zero-order valence-corrected chi connectivity index (χ0v) is 15.2. The van der Waals surface area contributed by atoms with Crippen molar-refractivity contribution in [2.45, 2.75) is 25.4 Å². The fraction of sp³-hybridized carbons (Fsp3) is 0.182. The third-order valence-electron chi connectivity index (χ3n) is 4.40. The lowest BCUT2D eigenvalue weighted by Crippen LogP contribution is -2.49. The normalized spacial score (nSPS) is 13.0. The van der Waals surface area contributed by atoms with Crippen molar-refractivity contribution in [3.63, 3.8) is 0 Å². The molecule has 138 valence electrons. The quantitative estimate of drug-likeness (QED) is 0.631. The number of carbonyl (C=O) groups is 2. The molecule has 0 spiro atoms. The summed E-state index contributed by atoms with van der Waals surface area (Å²) in [5, 5.41) is 7.65. The number of nitrogens with one attached hydrogen (secondary N) is 2. The fourth-order valence-corrected chi connectivity index (χ4v) is 2.86. The van der Waals surface area contributed by atoms with Crippen LogP contribution in [0.3, 0.4) is 0 Å². The molecule has 5 heteroatoms. The van der Waals surface area contributed by atoms with E-state index in [1.165, 1.54) is 0 Å². The molecule has 0 radical (unpaired) electrons. The summed E-state index contributed by atoms with van der Waals surface area (Å²) in [7, 11) is 0. The van der Waals surface area contributed by atoms with Crippen molar-refractivity contribution in [2.24, 2.45) is 5.73 Å². The summed E-state index contributed by atoms with van der Waals surface area (Å²) in [6.07, 6.45) is 0.422. The van der Waals surface area contributed by atoms with Crippen molar-refractivity contribution in [3.8, 4) is 0 Å². The lowest BCUT2D eigenvalue weighted by atomic mass is 10.1. The maximum Gasteiger partial charge on any atom is 0.246 e. The average molecular weight is 361 g/mol. The fourth-order valence-electron chi connectivity index (χ4n) is 2.86. The largest absolute Gasteiger partial charge is 0.343 e. The second kappa shape index (κ2) is 8.47. The number of hydrogen-bond acceptors (Lipinski definition) is 3. The van der Waals surface area contributed by atoms with Gasteiger partial charge >= 0.3 is 0 Å². The number of rotatable bonds is 6. The Balaban J connectivity index is 1.56. The predicted molar refractivity (Wildman–Crippen MR) is 108 cm³/mol. The van der Waals surface area contributed by atoms with E-state index in [4.69, 9.17) is 5.73 Å². The minimum Gasteiger partial charge on any atom is -0.343 e.